The van der Waals surface area contributed by atoms with Crippen LogP contribution in [-0.4, -0.2) is 57.7 Å². The van der Waals surface area contributed by atoms with Crippen LogP contribution in [0.2, 0.25) is 5.02 Å². The molecular weight excluding hydrogens is 402 g/mol. The van der Waals surface area contributed by atoms with Crippen molar-refractivity contribution in [3.05, 3.63) is 53.6 Å². The van der Waals surface area contributed by atoms with Gasteiger partial charge in [-0.1, -0.05) is 23.7 Å². The number of anilines is 2. The predicted molar refractivity (Wildman–Crippen MR) is 111 cm³/mol. The molecule has 2 aromatic rings. The third-order valence-electron chi connectivity index (χ3n) is 4.42. The standard InChI is InChI=1S/C19H22ClN3O4S/c1-28(25,26)23-12-10-22(11-13-23)16-8-6-15(7-9-16)21-19(24)14-27-18-5-3-2-4-17(18)20/h2-9H,10-14H2,1H3,(H,21,24). The second-order valence-electron chi connectivity index (χ2n) is 6.46. The first-order chi connectivity index (χ1) is 13.3. The van der Waals surface area contributed by atoms with E-state index in [-0.39, 0.29) is 12.5 Å². The van der Waals surface area contributed by atoms with Gasteiger partial charge < -0.3 is 15.0 Å². The van der Waals surface area contributed by atoms with E-state index in [0.29, 0.717) is 42.6 Å². The van der Waals surface area contributed by atoms with E-state index in [9.17, 15) is 13.2 Å². The van der Waals surface area contributed by atoms with E-state index in [1.165, 1.54) is 10.6 Å². The normalized spacial score (nSPS) is 15.3. The van der Waals surface area contributed by atoms with Crippen molar-refractivity contribution in [1.82, 2.24) is 4.31 Å². The van der Waals surface area contributed by atoms with E-state index in [4.69, 9.17) is 16.3 Å². The Balaban J connectivity index is 1.50. The van der Waals surface area contributed by atoms with Gasteiger partial charge in [0.2, 0.25) is 10.0 Å². The first-order valence-corrected chi connectivity index (χ1v) is 11.0. The van der Waals surface area contributed by atoms with Crippen LogP contribution in [0.25, 0.3) is 0 Å². The molecule has 150 valence electrons. The van der Waals surface area contributed by atoms with Gasteiger partial charge in [-0.05, 0) is 36.4 Å². The predicted octanol–water partition coefficient (Wildman–Crippen LogP) is 2.44. The van der Waals surface area contributed by atoms with E-state index in [1.807, 2.05) is 24.3 Å². The number of carbonyl (C=O) groups is 1. The van der Waals surface area contributed by atoms with Crippen molar-refractivity contribution in [2.24, 2.45) is 0 Å². The lowest BCUT2D eigenvalue weighted by molar-refractivity contribution is -0.118. The number of hydrogen-bond donors (Lipinski definition) is 1. The molecule has 28 heavy (non-hydrogen) atoms. The molecular formula is C19H22ClN3O4S. The lowest BCUT2D eigenvalue weighted by Gasteiger charge is -2.34. The summed E-state index contributed by atoms with van der Waals surface area (Å²) in [6, 6.07) is 14.4. The van der Waals surface area contributed by atoms with Crippen molar-refractivity contribution in [2.45, 2.75) is 0 Å². The van der Waals surface area contributed by atoms with Crippen molar-refractivity contribution >= 4 is 38.9 Å². The van der Waals surface area contributed by atoms with Crippen molar-refractivity contribution in [2.75, 3.05) is 49.3 Å². The van der Waals surface area contributed by atoms with Gasteiger partial charge in [0.15, 0.2) is 6.61 Å². The smallest absolute Gasteiger partial charge is 0.262 e. The molecule has 0 unspecified atom stereocenters. The molecule has 1 saturated heterocycles. The molecule has 9 heteroatoms. The van der Waals surface area contributed by atoms with Crippen LogP contribution in [0.5, 0.6) is 5.75 Å². The number of rotatable bonds is 6. The van der Waals surface area contributed by atoms with Crippen molar-refractivity contribution in [3.63, 3.8) is 0 Å². The summed E-state index contributed by atoms with van der Waals surface area (Å²) in [6.07, 6.45) is 1.23. The van der Waals surface area contributed by atoms with Crippen LogP contribution in [0.3, 0.4) is 0 Å². The lowest BCUT2D eigenvalue weighted by Crippen LogP contribution is -2.48. The lowest BCUT2D eigenvalue weighted by atomic mass is 10.2. The van der Waals surface area contributed by atoms with E-state index < -0.39 is 10.0 Å². The third-order valence-corrected chi connectivity index (χ3v) is 6.03. The molecule has 1 fully saturated rings. The van der Waals surface area contributed by atoms with Gasteiger partial charge in [0.05, 0.1) is 11.3 Å². The largest absolute Gasteiger partial charge is 0.482 e. The van der Waals surface area contributed by atoms with Crippen LogP contribution in [-0.2, 0) is 14.8 Å². The Kier molecular flexibility index (Phi) is 6.43. The van der Waals surface area contributed by atoms with Crippen LogP contribution in [0, 0.1) is 0 Å². The number of piperazine rings is 1. The summed E-state index contributed by atoms with van der Waals surface area (Å²) < 4.78 is 30.1. The van der Waals surface area contributed by atoms with Gasteiger partial charge in [-0.25, -0.2) is 8.42 Å². The fraction of sp³-hybridized carbons (Fsp3) is 0.316. The highest BCUT2D eigenvalue weighted by Gasteiger charge is 2.23. The molecule has 0 spiro atoms. The molecule has 0 aliphatic carbocycles. The fourth-order valence-electron chi connectivity index (χ4n) is 2.94. The van der Waals surface area contributed by atoms with Gasteiger partial charge in [-0.2, -0.15) is 4.31 Å². The van der Waals surface area contributed by atoms with E-state index >= 15 is 0 Å². The summed E-state index contributed by atoms with van der Waals surface area (Å²) in [5.41, 5.74) is 1.64. The van der Waals surface area contributed by atoms with Gasteiger partial charge in [0.1, 0.15) is 5.75 Å². The number of halogens is 1. The van der Waals surface area contributed by atoms with E-state index in [2.05, 4.69) is 10.2 Å². The highest BCUT2D eigenvalue weighted by molar-refractivity contribution is 7.88. The number of nitrogens with one attached hydrogen (secondary N) is 1. The molecule has 7 nitrogen and oxygen atoms in total. The van der Waals surface area contributed by atoms with Gasteiger partial charge in [-0.15, -0.1) is 0 Å². The fourth-order valence-corrected chi connectivity index (χ4v) is 3.95. The van der Waals surface area contributed by atoms with Gasteiger partial charge in [0.25, 0.3) is 5.91 Å². The summed E-state index contributed by atoms with van der Waals surface area (Å²) in [5.74, 6) is 0.178. The monoisotopic (exact) mass is 423 g/mol. The van der Waals surface area contributed by atoms with E-state index in [0.717, 1.165) is 5.69 Å². The molecule has 2 aromatic carbocycles. The molecule has 1 aliphatic rings. The summed E-state index contributed by atoms with van der Waals surface area (Å²) in [5, 5.41) is 3.23. The second kappa shape index (κ2) is 8.81. The van der Waals surface area contributed by atoms with Crippen LogP contribution < -0.4 is 15.0 Å². The zero-order valence-corrected chi connectivity index (χ0v) is 17.0. The molecule has 1 heterocycles. The minimum absolute atomic E-state index is 0.140. The molecule has 3 rings (SSSR count). The quantitative estimate of drug-likeness (QED) is 0.772. The number of carbonyl (C=O) groups excluding carboxylic acids is 1. The number of sulfonamides is 1. The number of ether oxygens (including phenoxy) is 1. The Morgan fingerprint density at radius 2 is 1.71 bits per heavy atom. The number of benzene rings is 2. The zero-order chi connectivity index (χ0) is 20.1. The summed E-state index contributed by atoms with van der Waals surface area (Å²) in [6.45, 7) is 2.06. The molecule has 0 atom stereocenters. The maximum atomic E-state index is 12.1. The van der Waals surface area contributed by atoms with Crippen LogP contribution in [0.4, 0.5) is 11.4 Å². The molecule has 0 radical (unpaired) electrons. The molecule has 1 aliphatic heterocycles. The molecule has 0 aromatic heterocycles. The highest BCUT2D eigenvalue weighted by Crippen LogP contribution is 2.23. The number of amides is 1. The zero-order valence-electron chi connectivity index (χ0n) is 15.5. The SMILES string of the molecule is CS(=O)(=O)N1CCN(c2ccc(NC(=O)COc3ccccc3Cl)cc2)CC1. The molecule has 1 amide bonds. The topological polar surface area (TPSA) is 79.0 Å². The number of para-hydroxylation sites is 1. The van der Waals surface area contributed by atoms with Gasteiger partial charge in [-0.3, -0.25) is 4.79 Å². The summed E-state index contributed by atoms with van der Waals surface area (Å²) >= 11 is 6.00. The van der Waals surface area contributed by atoms with E-state index in [1.54, 1.807) is 24.3 Å². The minimum atomic E-state index is -3.14. The maximum Gasteiger partial charge on any atom is 0.262 e. The Morgan fingerprint density at radius 1 is 1.07 bits per heavy atom. The van der Waals surface area contributed by atoms with Crippen LogP contribution >= 0.6 is 11.6 Å². The Bertz CT molecular complexity index is 926. The highest BCUT2D eigenvalue weighted by atomic mass is 35.5. The molecule has 1 N–H and O–H groups in total. The first-order valence-electron chi connectivity index (χ1n) is 8.80. The van der Waals surface area contributed by atoms with Crippen molar-refractivity contribution in [1.29, 1.82) is 0 Å². The van der Waals surface area contributed by atoms with Crippen molar-refractivity contribution in [3.8, 4) is 5.75 Å². The third kappa shape index (κ3) is 5.37. The average Bonchev–Trinajstić information content (AvgIpc) is 2.67. The Morgan fingerprint density at radius 3 is 2.32 bits per heavy atom. The first kappa shape index (κ1) is 20.4. The minimum Gasteiger partial charge on any atom is -0.482 e. The van der Waals surface area contributed by atoms with Crippen LogP contribution in [0.15, 0.2) is 48.5 Å². The van der Waals surface area contributed by atoms with Crippen LogP contribution in [0.1, 0.15) is 0 Å². The Hall–Kier alpha value is -2.29. The average molecular weight is 424 g/mol. The van der Waals surface area contributed by atoms with Crippen molar-refractivity contribution < 1.29 is 17.9 Å². The summed E-state index contributed by atoms with van der Waals surface area (Å²) in [4.78, 5) is 14.2. The van der Waals surface area contributed by atoms with Gasteiger partial charge >= 0.3 is 0 Å². The molecule has 0 saturated carbocycles. The van der Waals surface area contributed by atoms with Gasteiger partial charge in [0, 0.05) is 37.6 Å². The maximum absolute atomic E-state index is 12.1. The summed E-state index contributed by atoms with van der Waals surface area (Å²) in [7, 11) is -3.14. The number of hydrogen-bond acceptors (Lipinski definition) is 5. The second-order valence-corrected chi connectivity index (χ2v) is 8.85. The Labute approximate surface area is 169 Å². The number of nitrogens with zero attached hydrogens (tertiary/aromatic N) is 2. The molecule has 0 bridgehead atoms.